The van der Waals surface area contributed by atoms with Gasteiger partial charge in [0, 0.05) is 30.8 Å². The molecule has 1 spiro atoms. The molecule has 2 rings (SSSR count). The van der Waals surface area contributed by atoms with Crippen LogP contribution in [-0.2, 0) is 23.7 Å². The molecule has 10 heteroatoms. The van der Waals surface area contributed by atoms with Crippen LogP contribution in [0, 0.1) is 0 Å². The number of hydrogen-bond donors (Lipinski definition) is 2. The number of rotatable bonds is 2. The highest BCUT2D eigenvalue weighted by atomic mass is 16.8. The highest BCUT2D eigenvalue weighted by Crippen LogP contribution is 2.48. The van der Waals surface area contributed by atoms with Gasteiger partial charge in [-0.1, -0.05) is 0 Å². The first-order chi connectivity index (χ1) is 11.7. The predicted molar refractivity (Wildman–Crippen MR) is 85.5 cm³/mol. The van der Waals surface area contributed by atoms with Gasteiger partial charge in [0.15, 0.2) is 5.79 Å². The van der Waals surface area contributed by atoms with Gasteiger partial charge < -0.3 is 34.1 Å². The fourth-order valence-electron chi connectivity index (χ4n) is 4.44. The summed E-state index contributed by atoms with van der Waals surface area (Å²) in [6, 6.07) is 0. The third-order valence-corrected chi connectivity index (χ3v) is 4.59. The van der Waals surface area contributed by atoms with Crippen molar-refractivity contribution in [2.75, 3.05) is 13.2 Å². The lowest BCUT2D eigenvalue weighted by atomic mass is 9.75. The van der Waals surface area contributed by atoms with Crippen LogP contribution in [0.1, 0.15) is 47.5 Å². The summed E-state index contributed by atoms with van der Waals surface area (Å²) in [4.78, 5) is 35.7. The average molecular weight is 375 g/mol. The highest BCUT2D eigenvalue weighted by molar-refractivity contribution is 5.75. The Labute approximate surface area is 150 Å². The van der Waals surface area contributed by atoms with Crippen LogP contribution in [0.4, 0.5) is 9.59 Å². The van der Waals surface area contributed by atoms with Gasteiger partial charge in [-0.05, 0) is 27.7 Å². The van der Waals surface area contributed by atoms with Gasteiger partial charge in [0.05, 0.1) is 0 Å². The maximum absolute atomic E-state index is 12.1. The first-order valence-electron chi connectivity index (χ1n) is 8.15. The van der Waals surface area contributed by atoms with Gasteiger partial charge in [0.1, 0.15) is 13.2 Å². The lowest BCUT2D eigenvalue weighted by molar-refractivity contribution is -0.385. The molecule has 0 aromatic carbocycles. The minimum absolute atomic E-state index is 0.0802. The summed E-state index contributed by atoms with van der Waals surface area (Å²) in [5.41, 5.74) is -1.20. The van der Waals surface area contributed by atoms with Crippen LogP contribution in [-0.4, -0.2) is 69.2 Å². The molecule has 26 heavy (non-hydrogen) atoms. The van der Waals surface area contributed by atoms with E-state index in [2.05, 4.69) is 9.47 Å². The second-order valence-corrected chi connectivity index (χ2v) is 7.97. The lowest BCUT2D eigenvalue weighted by Crippen LogP contribution is -2.70. The summed E-state index contributed by atoms with van der Waals surface area (Å²) in [6.45, 7) is 8.13. The van der Waals surface area contributed by atoms with Gasteiger partial charge in [-0.2, -0.15) is 0 Å². The van der Waals surface area contributed by atoms with E-state index in [1.54, 1.807) is 4.90 Å². The minimum atomic E-state index is -2.09. The number of carbonyl (C=O) groups excluding carboxylic acids is 1. The summed E-state index contributed by atoms with van der Waals surface area (Å²) in [7, 11) is 0. The van der Waals surface area contributed by atoms with Crippen LogP contribution in [0.5, 0.6) is 0 Å². The molecular formula is C16H25NO9. The lowest BCUT2D eigenvalue weighted by Gasteiger charge is -2.59. The molecule has 0 unspecified atom stereocenters. The molecule has 2 aliphatic heterocycles. The number of carbonyl (C=O) groups is 3. The number of nitrogens with zero attached hydrogens (tertiary/aromatic N) is 1. The molecule has 0 aromatic rings. The SMILES string of the molecule is CC(=O)N1C(C)(C)CC2(CC1(C)C)OCC(OC(=O)O)(OC(=O)O)CO2. The fourth-order valence-corrected chi connectivity index (χ4v) is 4.44. The standard InChI is InChI=1S/C16H25NO9/c1-10(18)17-13(2,3)6-15(7-14(17,4)5)23-8-16(9-24-15,25-11(19)20)26-12(21)22/h6-9H2,1-5H3,(H,19,20)(H,21,22). The van der Waals surface area contributed by atoms with Crippen molar-refractivity contribution in [3.63, 3.8) is 0 Å². The van der Waals surface area contributed by atoms with Gasteiger partial charge in [0.25, 0.3) is 0 Å². The van der Waals surface area contributed by atoms with Gasteiger partial charge in [-0.3, -0.25) is 4.79 Å². The third-order valence-electron chi connectivity index (χ3n) is 4.59. The summed E-state index contributed by atoms with van der Waals surface area (Å²) in [5.74, 6) is -3.29. The molecule has 2 heterocycles. The van der Waals surface area contributed by atoms with Crippen LogP contribution in [0.25, 0.3) is 0 Å². The van der Waals surface area contributed by atoms with E-state index in [0.29, 0.717) is 12.8 Å². The molecule has 10 nitrogen and oxygen atoms in total. The summed E-state index contributed by atoms with van der Waals surface area (Å²) in [5, 5.41) is 17.7. The van der Waals surface area contributed by atoms with Gasteiger partial charge in [-0.25, -0.2) is 9.59 Å². The van der Waals surface area contributed by atoms with Crippen LogP contribution < -0.4 is 0 Å². The number of ether oxygens (including phenoxy) is 4. The van der Waals surface area contributed by atoms with E-state index in [4.69, 9.17) is 19.7 Å². The van der Waals surface area contributed by atoms with Crippen molar-refractivity contribution >= 4 is 18.2 Å². The largest absolute Gasteiger partial charge is 0.509 e. The van der Waals surface area contributed by atoms with Crippen molar-refractivity contribution in [1.29, 1.82) is 0 Å². The van der Waals surface area contributed by atoms with Gasteiger partial charge in [-0.15, -0.1) is 0 Å². The van der Waals surface area contributed by atoms with E-state index >= 15 is 0 Å². The van der Waals surface area contributed by atoms with E-state index in [-0.39, 0.29) is 5.91 Å². The molecule has 0 aromatic heterocycles. The molecule has 2 fully saturated rings. The van der Waals surface area contributed by atoms with Crippen LogP contribution in [0.3, 0.4) is 0 Å². The topological polar surface area (TPSA) is 132 Å². The van der Waals surface area contributed by atoms with Crippen LogP contribution in [0.2, 0.25) is 0 Å². The quantitative estimate of drug-likeness (QED) is 0.549. The number of carboxylic acid groups (broad SMARTS) is 2. The Kier molecular flexibility index (Phi) is 4.88. The maximum Gasteiger partial charge on any atom is 0.509 e. The third kappa shape index (κ3) is 3.85. The molecule has 0 radical (unpaired) electrons. The van der Waals surface area contributed by atoms with E-state index in [1.807, 2.05) is 27.7 Å². The smallest absolute Gasteiger partial charge is 0.450 e. The Morgan fingerprint density at radius 1 is 0.885 bits per heavy atom. The number of hydrogen-bond acceptors (Lipinski definition) is 7. The first kappa shape index (κ1) is 20.2. The fraction of sp³-hybridized carbons (Fsp3) is 0.812. The van der Waals surface area contributed by atoms with Crippen LogP contribution >= 0.6 is 0 Å². The number of piperidine rings is 1. The highest BCUT2D eigenvalue weighted by Gasteiger charge is 2.59. The molecule has 0 atom stereocenters. The zero-order valence-electron chi connectivity index (χ0n) is 15.5. The summed E-state index contributed by atoms with van der Waals surface area (Å²) in [6.07, 6.45) is -2.78. The molecule has 2 saturated heterocycles. The second kappa shape index (κ2) is 6.27. The van der Waals surface area contributed by atoms with E-state index < -0.39 is 48.2 Å². The zero-order valence-corrected chi connectivity index (χ0v) is 15.5. The van der Waals surface area contributed by atoms with Crippen molar-refractivity contribution in [3.8, 4) is 0 Å². The van der Waals surface area contributed by atoms with E-state index in [9.17, 15) is 14.4 Å². The van der Waals surface area contributed by atoms with Crippen molar-refractivity contribution < 1.29 is 43.5 Å². The van der Waals surface area contributed by atoms with Crippen molar-refractivity contribution in [3.05, 3.63) is 0 Å². The Morgan fingerprint density at radius 3 is 1.58 bits per heavy atom. The molecule has 2 N–H and O–H groups in total. The van der Waals surface area contributed by atoms with Crippen molar-refractivity contribution in [2.45, 2.75) is 70.1 Å². The Balaban J connectivity index is 2.25. The van der Waals surface area contributed by atoms with Gasteiger partial charge >= 0.3 is 18.1 Å². The average Bonchev–Trinajstić information content (AvgIpc) is 2.37. The van der Waals surface area contributed by atoms with Crippen LogP contribution in [0.15, 0.2) is 0 Å². The normalized spacial score (nSPS) is 25.3. The minimum Gasteiger partial charge on any atom is -0.450 e. The molecule has 0 saturated carbocycles. The summed E-state index contributed by atoms with van der Waals surface area (Å²) >= 11 is 0. The molecule has 148 valence electrons. The maximum atomic E-state index is 12.1. The first-order valence-corrected chi connectivity index (χ1v) is 8.15. The van der Waals surface area contributed by atoms with E-state index in [1.165, 1.54) is 6.92 Å². The number of likely N-dealkylation sites (tertiary alicyclic amines) is 1. The van der Waals surface area contributed by atoms with Crippen molar-refractivity contribution in [2.24, 2.45) is 0 Å². The Bertz CT molecular complexity index is 567. The molecule has 0 aliphatic carbocycles. The Morgan fingerprint density at radius 2 is 1.27 bits per heavy atom. The Hall–Kier alpha value is -2.07. The molecule has 2 aliphatic rings. The molecular weight excluding hydrogens is 350 g/mol. The predicted octanol–water partition coefficient (Wildman–Crippen LogP) is 2.01. The van der Waals surface area contributed by atoms with Crippen molar-refractivity contribution in [1.82, 2.24) is 4.90 Å². The van der Waals surface area contributed by atoms with E-state index in [0.717, 1.165) is 0 Å². The molecule has 1 amide bonds. The molecule has 0 bridgehead atoms. The monoisotopic (exact) mass is 375 g/mol. The van der Waals surface area contributed by atoms with Gasteiger partial charge in [0.2, 0.25) is 5.91 Å². The summed E-state index contributed by atoms with van der Waals surface area (Å²) < 4.78 is 20.7. The zero-order chi connectivity index (χ0) is 20.0. The number of amides is 1. The second-order valence-electron chi connectivity index (χ2n) is 7.97.